The summed E-state index contributed by atoms with van der Waals surface area (Å²) in [6.45, 7) is 0.370. The number of H-pyrrole nitrogens is 1. The van der Waals surface area contributed by atoms with Crippen molar-refractivity contribution < 1.29 is 13.9 Å². The van der Waals surface area contributed by atoms with Crippen molar-refractivity contribution in [2.45, 2.75) is 24.7 Å². The summed E-state index contributed by atoms with van der Waals surface area (Å²) in [6, 6.07) is 3.01. The van der Waals surface area contributed by atoms with Gasteiger partial charge >= 0.3 is 0 Å². The Morgan fingerprint density at radius 1 is 1.43 bits per heavy atom. The second kappa shape index (κ2) is 6.09. The van der Waals surface area contributed by atoms with E-state index < -0.39 is 18.3 Å². The molecule has 0 aromatic carbocycles. The largest absolute Gasteiger partial charge is 0.480 e. The number of pyridine rings is 1. The molecule has 21 heavy (non-hydrogen) atoms. The van der Waals surface area contributed by atoms with E-state index in [2.05, 4.69) is 20.3 Å². The van der Waals surface area contributed by atoms with Gasteiger partial charge in [0.15, 0.2) is 0 Å². The molecule has 0 saturated carbocycles. The molecule has 0 bridgehead atoms. The van der Waals surface area contributed by atoms with Crippen LogP contribution < -0.4 is 10.1 Å². The second-order valence-corrected chi connectivity index (χ2v) is 4.80. The fourth-order valence-electron chi connectivity index (χ4n) is 2.47. The van der Waals surface area contributed by atoms with E-state index in [9.17, 15) is 4.39 Å². The van der Waals surface area contributed by atoms with Crippen LogP contribution in [0.3, 0.4) is 0 Å². The number of aromatic nitrogens is 3. The lowest BCUT2D eigenvalue weighted by Gasteiger charge is -2.34. The van der Waals surface area contributed by atoms with E-state index in [0.717, 1.165) is 0 Å². The minimum atomic E-state index is -1.04. The first kappa shape index (κ1) is 13.8. The lowest BCUT2D eigenvalue weighted by atomic mass is 9.99. The molecule has 3 heterocycles. The topological polar surface area (TPSA) is 72.1 Å². The van der Waals surface area contributed by atoms with Crippen LogP contribution in [0.15, 0.2) is 30.7 Å². The summed E-state index contributed by atoms with van der Waals surface area (Å²) in [5, 5.41) is 3.14. The summed E-state index contributed by atoms with van der Waals surface area (Å²) in [5.41, 5.74) is 0.634. The molecule has 7 heteroatoms. The maximum atomic E-state index is 14.4. The molecule has 3 atom stereocenters. The van der Waals surface area contributed by atoms with Gasteiger partial charge < -0.3 is 19.8 Å². The number of hydrogen-bond acceptors (Lipinski definition) is 5. The third-order valence-electron chi connectivity index (χ3n) is 3.48. The van der Waals surface area contributed by atoms with Gasteiger partial charge in [0.1, 0.15) is 18.1 Å². The van der Waals surface area contributed by atoms with Crippen LogP contribution in [0.1, 0.15) is 18.3 Å². The van der Waals surface area contributed by atoms with Crippen molar-refractivity contribution in [3.8, 4) is 5.88 Å². The molecule has 2 N–H and O–H groups in total. The highest BCUT2D eigenvalue weighted by Gasteiger charge is 2.37. The van der Waals surface area contributed by atoms with Crippen molar-refractivity contribution in [3.63, 3.8) is 0 Å². The molecule has 0 radical (unpaired) electrons. The second-order valence-electron chi connectivity index (χ2n) is 4.80. The molecule has 1 aliphatic rings. The number of nitrogens with zero attached hydrogens (tertiary/aromatic N) is 2. The van der Waals surface area contributed by atoms with Crippen molar-refractivity contribution in [1.82, 2.24) is 15.0 Å². The minimum Gasteiger partial charge on any atom is -0.480 e. The van der Waals surface area contributed by atoms with E-state index >= 15 is 0 Å². The van der Waals surface area contributed by atoms with Crippen LogP contribution in [0.4, 0.5) is 10.1 Å². The number of anilines is 1. The summed E-state index contributed by atoms with van der Waals surface area (Å²) >= 11 is 0. The van der Waals surface area contributed by atoms with Crippen LogP contribution in [-0.2, 0) is 4.74 Å². The molecular formula is C14H17FN4O2. The molecule has 6 nitrogen and oxygen atoms in total. The van der Waals surface area contributed by atoms with Crippen molar-refractivity contribution in [2.24, 2.45) is 0 Å². The van der Waals surface area contributed by atoms with Crippen LogP contribution >= 0.6 is 0 Å². The van der Waals surface area contributed by atoms with Crippen LogP contribution in [0.5, 0.6) is 5.88 Å². The van der Waals surface area contributed by atoms with Crippen LogP contribution in [0, 0.1) is 0 Å². The van der Waals surface area contributed by atoms with Crippen LogP contribution in [0.2, 0.25) is 0 Å². The average Bonchev–Trinajstić information content (AvgIpc) is 3.04. The van der Waals surface area contributed by atoms with Crippen molar-refractivity contribution >= 4 is 5.69 Å². The summed E-state index contributed by atoms with van der Waals surface area (Å²) in [7, 11) is 1.53. The number of ether oxygens (including phenoxy) is 2. The van der Waals surface area contributed by atoms with E-state index in [1.165, 1.54) is 7.11 Å². The van der Waals surface area contributed by atoms with E-state index in [1.807, 2.05) is 0 Å². The van der Waals surface area contributed by atoms with Gasteiger partial charge in [0.05, 0.1) is 25.4 Å². The smallest absolute Gasteiger partial charge is 0.237 e. The molecule has 2 aromatic heterocycles. The minimum absolute atomic E-state index is 0.345. The Hall–Kier alpha value is -2.15. The molecule has 0 aliphatic carbocycles. The zero-order chi connectivity index (χ0) is 14.7. The highest BCUT2D eigenvalue weighted by molar-refractivity contribution is 5.53. The van der Waals surface area contributed by atoms with Gasteiger partial charge in [0, 0.05) is 25.0 Å². The maximum Gasteiger partial charge on any atom is 0.237 e. The zero-order valence-electron chi connectivity index (χ0n) is 11.6. The predicted molar refractivity (Wildman–Crippen MR) is 75.0 cm³/mol. The average molecular weight is 292 g/mol. The number of imidazole rings is 1. The maximum absolute atomic E-state index is 14.4. The number of alkyl halides is 1. The molecule has 1 saturated heterocycles. The number of methoxy groups -OCH3 is 1. The van der Waals surface area contributed by atoms with Gasteiger partial charge in [0.25, 0.3) is 0 Å². The van der Waals surface area contributed by atoms with E-state index in [-0.39, 0.29) is 0 Å². The quantitative estimate of drug-likeness (QED) is 0.903. The highest BCUT2D eigenvalue weighted by atomic mass is 19.1. The summed E-state index contributed by atoms with van der Waals surface area (Å²) in [6.07, 6.45) is 3.77. The van der Waals surface area contributed by atoms with E-state index in [1.54, 1.807) is 30.7 Å². The SMILES string of the molecule is COc1ncccc1NC1C(F)CCOC1c1ncc[nH]1. The Balaban J connectivity index is 1.86. The third kappa shape index (κ3) is 2.82. The number of halogens is 1. The molecule has 0 spiro atoms. The number of hydrogen-bond donors (Lipinski definition) is 2. The monoisotopic (exact) mass is 292 g/mol. The van der Waals surface area contributed by atoms with Crippen molar-refractivity contribution in [1.29, 1.82) is 0 Å². The molecule has 1 aliphatic heterocycles. The van der Waals surface area contributed by atoms with E-state index in [4.69, 9.17) is 9.47 Å². The number of aromatic amines is 1. The molecule has 3 unspecified atom stereocenters. The molecular weight excluding hydrogens is 275 g/mol. The highest BCUT2D eigenvalue weighted by Crippen LogP contribution is 2.32. The van der Waals surface area contributed by atoms with Gasteiger partial charge in [0.2, 0.25) is 5.88 Å². The van der Waals surface area contributed by atoms with E-state index in [0.29, 0.717) is 30.4 Å². The first-order valence-electron chi connectivity index (χ1n) is 6.80. The summed E-state index contributed by atoms with van der Waals surface area (Å²) in [5.74, 6) is 1.03. The molecule has 1 fully saturated rings. The van der Waals surface area contributed by atoms with Crippen molar-refractivity contribution in [3.05, 3.63) is 36.5 Å². The molecule has 2 aromatic rings. The number of nitrogens with one attached hydrogen (secondary N) is 2. The molecule has 0 amide bonds. The Morgan fingerprint density at radius 3 is 3.10 bits per heavy atom. The Labute approximate surface area is 121 Å². The van der Waals surface area contributed by atoms with Crippen LogP contribution in [0.25, 0.3) is 0 Å². The van der Waals surface area contributed by atoms with Gasteiger partial charge in [-0.25, -0.2) is 14.4 Å². The Kier molecular flexibility index (Phi) is 4.01. The van der Waals surface area contributed by atoms with Gasteiger partial charge in [-0.3, -0.25) is 0 Å². The summed E-state index contributed by atoms with van der Waals surface area (Å²) in [4.78, 5) is 11.3. The fourth-order valence-corrected chi connectivity index (χ4v) is 2.47. The zero-order valence-corrected chi connectivity index (χ0v) is 11.6. The Morgan fingerprint density at radius 2 is 2.33 bits per heavy atom. The molecule has 112 valence electrons. The van der Waals surface area contributed by atoms with Crippen molar-refractivity contribution in [2.75, 3.05) is 19.0 Å². The van der Waals surface area contributed by atoms with Gasteiger partial charge in [-0.1, -0.05) is 0 Å². The lowest BCUT2D eigenvalue weighted by Crippen LogP contribution is -2.43. The first-order valence-corrected chi connectivity index (χ1v) is 6.80. The normalized spacial score (nSPS) is 25.5. The van der Waals surface area contributed by atoms with Gasteiger partial charge in [-0.05, 0) is 12.1 Å². The van der Waals surface area contributed by atoms with Crippen LogP contribution in [-0.4, -0.2) is 40.9 Å². The third-order valence-corrected chi connectivity index (χ3v) is 3.48. The standard InChI is InChI=1S/C14H17FN4O2/c1-20-14-10(3-2-5-18-14)19-11-9(15)4-8-21-12(11)13-16-6-7-17-13/h2-3,5-7,9,11-12,19H,4,8H2,1H3,(H,16,17). The van der Waals surface area contributed by atoms with Gasteiger partial charge in [-0.15, -0.1) is 0 Å². The Bertz CT molecular complexity index is 578. The molecule has 3 rings (SSSR count). The lowest BCUT2D eigenvalue weighted by molar-refractivity contribution is -0.0339. The summed E-state index contributed by atoms with van der Waals surface area (Å²) < 4.78 is 25.2. The van der Waals surface area contributed by atoms with Gasteiger partial charge in [-0.2, -0.15) is 0 Å². The number of rotatable bonds is 4. The fraction of sp³-hybridized carbons (Fsp3) is 0.429. The predicted octanol–water partition coefficient (Wildman–Crippen LogP) is 2.09. The first-order chi connectivity index (χ1) is 10.3.